The zero-order chi connectivity index (χ0) is 9.84. The molecule has 0 aliphatic carbocycles. The highest BCUT2D eigenvalue weighted by Gasteiger charge is 2.09. The lowest BCUT2D eigenvalue weighted by Crippen LogP contribution is -2.08. The van der Waals surface area contributed by atoms with Gasteiger partial charge in [-0.1, -0.05) is 0 Å². The van der Waals surface area contributed by atoms with E-state index in [0.29, 0.717) is 6.54 Å². The number of hydrogen-bond donors (Lipinski definition) is 1. The molecule has 74 valence electrons. The number of halogens is 2. The van der Waals surface area contributed by atoms with Crippen molar-refractivity contribution in [2.45, 2.75) is 19.9 Å². The number of aromatic nitrogens is 2. The molecular weight excluding hydrogens is 180 g/mol. The molecule has 0 aromatic carbocycles. The summed E-state index contributed by atoms with van der Waals surface area (Å²) in [4.78, 5) is 0. The first-order chi connectivity index (χ1) is 6.13. The highest BCUT2D eigenvalue weighted by molar-refractivity contribution is 5.45. The first-order valence-electron chi connectivity index (χ1n) is 3.87. The third kappa shape index (κ3) is 2.57. The molecule has 0 aliphatic heterocycles. The Bertz CT molecular complexity index is 275. The minimum absolute atomic E-state index is 0.0714. The van der Waals surface area contributed by atoms with Gasteiger partial charge in [0.25, 0.3) is 12.3 Å². The summed E-state index contributed by atoms with van der Waals surface area (Å²) in [6, 6.07) is 0. The van der Waals surface area contributed by atoms with Crippen molar-refractivity contribution in [2.75, 3.05) is 12.3 Å². The molecule has 1 aromatic rings. The number of rotatable bonds is 4. The molecule has 1 heterocycles. The maximum absolute atomic E-state index is 11.7. The molecule has 2 N–H and O–H groups in total. The van der Waals surface area contributed by atoms with Crippen molar-refractivity contribution < 1.29 is 13.5 Å². The SMILES string of the molecule is CCn1cc(N)c(OCC(F)F)n1. The lowest BCUT2D eigenvalue weighted by molar-refractivity contribution is 0.0796. The number of nitrogens with two attached hydrogens (primary N) is 1. The summed E-state index contributed by atoms with van der Waals surface area (Å²) in [6.45, 7) is 1.82. The molecular formula is C7H11F2N3O. The molecule has 0 spiro atoms. The van der Waals surface area contributed by atoms with Crippen LogP contribution < -0.4 is 10.5 Å². The molecule has 4 nitrogen and oxygen atoms in total. The molecule has 6 heteroatoms. The van der Waals surface area contributed by atoms with Gasteiger partial charge in [-0.2, -0.15) is 0 Å². The van der Waals surface area contributed by atoms with E-state index in [1.807, 2.05) is 6.92 Å². The topological polar surface area (TPSA) is 53.1 Å². The normalized spacial score (nSPS) is 10.8. The van der Waals surface area contributed by atoms with Gasteiger partial charge in [0.05, 0.1) is 6.20 Å². The molecule has 0 aliphatic rings. The molecule has 0 saturated heterocycles. The zero-order valence-electron chi connectivity index (χ0n) is 7.20. The van der Waals surface area contributed by atoms with E-state index in [-0.39, 0.29) is 11.6 Å². The van der Waals surface area contributed by atoms with Crippen LogP contribution in [0.25, 0.3) is 0 Å². The summed E-state index contributed by atoms with van der Waals surface area (Å²) in [7, 11) is 0. The van der Waals surface area contributed by atoms with E-state index in [1.54, 1.807) is 6.20 Å². The van der Waals surface area contributed by atoms with Crippen molar-refractivity contribution in [1.82, 2.24) is 9.78 Å². The Morgan fingerprint density at radius 3 is 2.85 bits per heavy atom. The molecule has 0 amide bonds. The Hall–Kier alpha value is -1.33. The third-order valence-electron chi connectivity index (χ3n) is 1.42. The van der Waals surface area contributed by atoms with Gasteiger partial charge in [-0.3, -0.25) is 4.68 Å². The molecule has 0 bridgehead atoms. The van der Waals surface area contributed by atoms with Crippen LogP contribution in [-0.2, 0) is 6.54 Å². The molecule has 0 unspecified atom stereocenters. The van der Waals surface area contributed by atoms with E-state index in [0.717, 1.165) is 0 Å². The summed E-state index contributed by atoms with van der Waals surface area (Å²) in [6.07, 6.45) is -0.966. The summed E-state index contributed by atoms with van der Waals surface area (Å²) in [5.41, 5.74) is 5.73. The Balaban J connectivity index is 2.60. The van der Waals surface area contributed by atoms with Gasteiger partial charge in [-0.05, 0) is 6.92 Å². The average molecular weight is 191 g/mol. The van der Waals surface area contributed by atoms with Crippen LogP contribution in [0.15, 0.2) is 6.20 Å². The summed E-state index contributed by atoms with van der Waals surface area (Å²) in [5.74, 6) is 0.0714. The molecule has 0 fully saturated rings. The van der Waals surface area contributed by atoms with E-state index < -0.39 is 13.0 Å². The first kappa shape index (κ1) is 9.76. The Morgan fingerprint density at radius 1 is 1.69 bits per heavy atom. The minimum atomic E-state index is -2.51. The van der Waals surface area contributed by atoms with Crippen LogP contribution in [0, 0.1) is 0 Å². The van der Waals surface area contributed by atoms with E-state index >= 15 is 0 Å². The predicted molar refractivity (Wildman–Crippen MR) is 43.8 cm³/mol. The van der Waals surface area contributed by atoms with E-state index in [1.165, 1.54) is 4.68 Å². The number of nitrogen functional groups attached to an aromatic ring is 1. The van der Waals surface area contributed by atoms with Gasteiger partial charge in [0.15, 0.2) is 6.61 Å². The number of alkyl halides is 2. The second-order valence-electron chi connectivity index (χ2n) is 2.45. The van der Waals surface area contributed by atoms with Crippen molar-refractivity contribution >= 4 is 5.69 Å². The van der Waals surface area contributed by atoms with Gasteiger partial charge in [-0.15, -0.1) is 5.10 Å². The lowest BCUT2D eigenvalue weighted by atomic mass is 10.5. The smallest absolute Gasteiger partial charge is 0.272 e. The van der Waals surface area contributed by atoms with Crippen molar-refractivity contribution in [2.24, 2.45) is 0 Å². The first-order valence-corrected chi connectivity index (χ1v) is 3.87. The Labute approximate surface area is 74.3 Å². The van der Waals surface area contributed by atoms with Crippen molar-refractivity contribution in [3.8, 4) is 5.88 Å². The number of aryl methyl sites for hydroxylation is 1. The highest BCUT2D eigenvalue weighted by Crippen LogP contribution is 2.18. The monoisotopic (exact) mass is 191 g/mol. The van der Waals surface area contributed by atoms with Crippen molar-refractivity contribution in [3.05, 3.63) is 6.20 Å². The lowest BCUT2D eigenvalue weighted by Gasteiger charge is -2.01. The molecule has 0 radical (unpaired) electrons. The molecule has 0 atom stereocenters. The molecule has 0 saturated carbocycles. The summed E-state index contributed by atoms with van der Waals surface area (Å²) < 4.78 is 29.7. The van der Waals surface area contributed by atoms with Gasteiger partial charge in [0, 0.05) is 6.54 Å². The van der Waals surface area contributed by atoms with Gasteiger partial charge in [0.1, 0.15) is 5.69 Å². The second-order valence-corrected chi connectivity index (χ2v) is 2.45. The van der Waals surface area contributed by atoms with Crippen LogP contribution in [0.2, 0.25) is 0 Å². The number of ether oxygens (including phenoxy) is 1. The van der Waals surface area contributed by atoms with Gasteiger partial charge in [0.2, 0.25) is 0 Å². The number of nitrogens with zero attached hydrogens (tertiary/aromatic N) is 2. The fourth-order valence-electron chi connectivity index (χ4n) is 0.835. The molecule has 1 aromatic heterocycles. The minimum Gasteiger partial charge on any atom is -0.469 e. The summed E-state index contributed by atoms with van der Waals surface area (Å²) >= 11 is 0. The molecule has 13 heavy (non-hydrogen) atoms. The van der Waals surface area contributed by atoms with Crippen molar-refractivity contribution in [3.63, 3.8) is 0 Å². The van der Waals surface area contributed by atoms with E-state index in [2.05, 4.69) is 9.84 Å². The van der Waals surface area contributed by atoms with Crippen LogP contribution >= 0.6 is 0 Å². The Morgan fingerprint density at radius 2 is 2.38 bits per heavy atom. The van der Waals surface area contributed by atoms with Crippen LogP contribution in [-0.4, -0.2) is 22.8 Å². The molecule has 1 rings (SSSR count). The highest BCUT2D eigenvalue weighted by atomic mass is 19.3. The van der Waals surface area contributed by atoms with Crippen LogP contribution in [0.5, 0.6) is 5.88 Å². The van der Waals surface area contributed by atoms with Crippen LogP contribution in [0.4, 0.5) is 14.5 Å². The predicted octanol–water partition coefficient (Wildman–Crippen LogP) is 1.13. The zero-order valence-corrected chi connectivity index (χ0v) is 7.20. The van der Waals surface area contributed by atoms with Gasteiger partial charge in [-0.25, -0.2) is 8.78 Å². The van der Waals surface area contributed by atoms with Gasteiger partial charge >= 0.3 is 0 Å². The van der Waals surface area contributed by atoms with Crippen LogP contribution in [0.3, 0.4) is 0 Å². The van der Waals surface area contributed by atoms with E-state index in [9.17, 15) is 8.78 Å². The fraction of sp³-hybridized carbons (Fsp3) is 0.571. The largest absolute Gasteiger partial charge is 0.469 e. The second kappa shape index (κ2) is 4.06. The van der Waals surface area contributed by atoms with E-state index in [4.69, 9.17) is 5.73 Å². The fourth-order valence-corrected chi connectivity index (χ4v) is 0.835. The third-order valence-corrected chi connectivity index (χ3v) is 1.42. The van der Waals surface area contributed by atoms with Crippen molar-refractivity contribution in [1.29, 1.82) is 0 Å². The number of anilines is 1. The number of hydrogen-bond acceptors (Lipinski definition) is 3. The Kier molecular flexibility index (Phi) is 3.05. The quantitative estimate of drug-likeness (QED) is 0.776. The maximum atomic E-state index is 11.7. The average Bonchev–Trinajstić information content (AvgIpc) is 2.43. The maximum Gasteiger partial charge on any atom is 0.272 e. The van der Waals surface area contributed by atoms with Gasteiger partial charge < -0.3 is 10.5 Å². The summed E-state index contributed by atoms with van der Waals surface area (Å²) in [5, 5.41) is 3.84. The standard InChI is InChI=1S/C7H11F2N3O/c1-2-12-3-5(10)7(11-12)13-4-6(8)9/h3,6H,2,4,10H2,1H3. The van der Waals surface area contributed by atoms with Crippen LogP contribution in [0.1, 0.15) is 6.92 Å².